The van der Waals surface area contributed by atoms with Crippen molar-refractivity contribution < 1.29 is 18.9 Å². The van der Waals surface area contributed by atoms with Gasteiger partial charge in [0.2, 0.25) is 0 Å². The van der Waals surface area contributed by atoms with Gasteiger partial charge in [-0.05, 0) is 11.1 Å². The Bertz CT molecular complexity index is 414. The quantitative estimate of drug-likeness (QED) is 0.690. The lowest BCUT2D eigenvalue weighted by Crippen LogP contribution is -2.43. The van der Waals surface area contributed by atoms with Crippen molar-refractivity contribution in [3.63, 3.8) is 0 Å². The zero-order chi connectivity index (χ0) is 11.7. The predicted molar refractivity (Wildman–Crippen MR) is 59.5 cm³/mol. The molecule has 4 heteroatoms. The summed E-state index contributed by atoms with van der Waals surface area (Å²) in [6, 6.07) is 7.97. The molecule has 0 aliphatic carbocycles. The molecule has 0 atom stereocenters. The third kappa shape index (κ3) is 2.07. The van der Waals surface area contributed by atoms with Crippen molar-refractivity contribution >= 4 is 0 Å². The van der Waals surface area contributed by atoms with Gasteiger partial charge < -0.3 is 4.74 Å². The molecule has 90 valence electrons. The van der Waals surface area contributed by atoms with E-state index in [-0.39, 0.29) is 0 Å². The third-order valence-corrected chi connectivity index (χ3v) is 2.86. The molecular formula is C13H14O4. The van der Waals surface area contributed by atoms with Crippen molar-refractivity contribution in [1.82, 2.24) is 0 Å². The first-order chi connectivity index (χ1) is 8.27. The summed E-state index contributed by atoms with van der Waals surface area (Å²) in [5.41, 5.74) is 2.18. The standard InChI is InChI=1S/C13H14O4/c1-10-6-7-14-13(17-10)15-8-11-4-2-3-5-12(11)9-16-13/h2-5H,1,6-9H2. The lowest BCUT2D eigenvalue weighted by atomic mass is 10.1. The normalized spacial score (nSPS) is 22.7. The molecule has 2 heterocycles. The molecule has 1 spiro atoms. The summed E-state index contributed by atoms with van der Waals surface area (Å²) in [6.07, 6.45) is -0.740. The minimum atomic E-state index is -1.41. The van der Waals surface area contributed by atoms with E-state index in [4.69, 9.17) is 18.9 Å². The molecular weight excluding hydrogens is 220 g/mol. The lowest BCUT2D eigenvalue weighted by Gasteiger charge is -2.34. The summed E-state index contributed by atoms with van der Waals surface area (Å²) in [5, 5.41) is 0. The Morgan fingerprint density at radius 1 is 1.00 bits per heavy atom. The molecule has 0 bridgehead atoms. The van der Waals surface area contributed by atoms with Gasteiger partial charge in [-0.25, -0.2) is 0 Å². The SMILES string of the molecule is C=C1CCOC2(OCc3ccccc3CO2)O1. The van der Waals surface area contributed by atoms with Gasteiger partial charge in [-0.2, -0.15) is 0 Å². The van der Waals surface area contributed by atoms with Crippen LogP contribution >= 0.6 is 0 Å². The van der Waals surface area contributed by atoms with Gasteiger partial charge in [0.05, 0.1) is 19.8 Å². The molecule has 0 N–H and O–H groups in total. The van der Waals surface area contributed by atoms with E-state index in [1.807, 2.05) is 24.3 Å². The highest BCUT2D eigenvalue weighted by Crippen LogP contribution is 2.32. The maximum atomic E-state index is 5.60. The Balaban J connectivity index is 1.82. The monoisotopic (exact) mass is 234 g/mol. The van der Waals surface area contributed by atoms with E-state index < -0.39 is 6.16 Å². The number of rotatable bonds is 0. The summed E-state index contributed by atoms with van der Waals surface area (Å²) < 4.78 is 22.1. The van der Waals surface area contributed by atoms with Gasteiger partial charge in [-0.3, -0.25) is 14.2 Å². The number of hydrogen-bond donors (Lipinski definition) is 0. The minimum absolute atomic E-state index is 0.406. The maximum absolute atomic E-state index is 5.60. The van der Waals surface area contributed by atoms with Crippen LogP contribution < -0.4 is 0 Å². The van der Waals surface area contributed by atoms with Crippen molar-refractivity contribution in [2.75, 3.05) is 6.61 Å². The summed E-state index contributed by atoms with van der Waals surface area (Å²) in [4.78, 5) is 0. The number of benzene rings is 1. The third-order valence-electron chi connectivity index (χ3n) is 2.86. The number of fused-ring (bicyclic) bond motifs is 1. The zero-order valence-corrected chi connectivity index (χ0v) is 9.48. The first kappa shape index (κ1) is 10.8. The zero-order valence-electron chi connectivity index (χ0n) is 9.48. The molecule has 1 fully saturated rings. The Morgan fingerprint density at radius 3 is 2.24 bits per heavy atom. The van der Waals surface area contributed by atoms with Crippen LogP contribution in [0.5, 0.6) is 0 Å². The van der Waals surface area contributed by atoms with Crippen LogP contribution in [0.15, 0.2) is 36.6 Å². The van der Waals surface area contributed by atoms with Gasteiger partial charge in [0, 0.05) is 6.42 Å². The molecule has 1 aromatic rings. The van der Waals surface area contributed by atoms with Gasteiger partial charge >= 0.3 is 6.16 Å². The minimum Gasteiger partial charge on any atom is -0.421 e. The van der Waals surface area contributed by atoms with Crippen molar-refractivity contribution in [3.8, 4) is 0 Å². The van der Waals surface area contributed by atoms with Crippen LogP contribution in [0, 0.1) is 0 Å². The second kappa shape index (κ2) is 4.14. The first-order valence-electron chi connectivity index (χ1n) is 5.63. The fraction of sp³-hybridized carbons (Fsp3) is 0.385. The Labute approximate surface area is 99.7 Å². The van der Waals surface area contributed by atoms with Gasteiger partial charge in [0.25, 0.3) is 0 Å². The molecule has 0 saturated carbocycles. The number of hydrogen-bond acceptors (Lipinski definition) is 4. The molecule has 4 nitrogen and oxygen atoms in total. The molecule has 1 aromatic carbocycles. The second-order valence-corrected chi connectivity index (χ2v) is 4.09. The molecule has 3 rings (SSSR count). The first-order valence-corrected chi connectivity index (χ1v) is 5.63. The molecule has 0 radical (unpaired) electrons. The highest BCUT2D eigenvalue weighted by Gasteiger charge is 2.42. The van der Waals surface area contributed by atoms with Crippen LogP contribution in [-0.2, 0) is 32.2 Å². The van der Waals surface area contributed by atoms with Crippen LogP contribution in [0.4, 0.5) is 0 Å². The van der Waals surface area contributed by atoms with Crippen molar-refractivity contribution in [2.45, 2.75) is 25.8 Å². The Hall–Kier alpha value is -1.36. The smallest absolute Gasteiger partial charge is 0.421 e. The van der Waals surface area contributed by atoms with E-state index in [1.54, 1.807) is 0 Å². The van der Waals surface area contributed by atoms with Crippen molar-refractivity contribution in [1.29, 1.82) is 0 Å². The van der Waals surface area contributed by atoms with Crippen LogP contribution in [0.3, 0.4) is 0 Å². The molecule has 0 unspecified atom stereocenters. The van der Waals surface area contributed by atoms with E-state index in [0.29, 0.717) is 32.0 Å². The summed E-state index contributed by atoms with van der Waals surface area (Å²) in [7, 11) is 0. The van der Waals surface area contributed by atoms with Gasteiger partial charge in [0.15, 0.2) is 0 Å². The highest BCUT2D eigenvalue weighted by molar-refractivity contribution is 5.26. The molecule has 0 amide bonds. The van der Waals surface area contributed by atoms with Gasteiger partial charge in [-0.1, -0.05) is 30.8 Å². The highest BCUT2D eigenvalue weighted by atomic mass is 17.0. The fourth-order valence-corrected chi connectivity index (χ4v) is 1.90. The number of ether oxygens (including phenoxy) is 4. The van der Waals surface area contributed by atoms with Gasteiger partial charge in [0.1, 0.15) is 5.76 Å². The van der Waals surface area contributed by atoms with E-state index >= 15 is 0 Å². The maximum Gasteiger partial charge on any atom is 0.461 e. The van der Waals surface area contributed by atoms with E-state index in [0.717, 1.165) is 11.1 Å². The predicted octanol–water partition coefficient (Wildman–Crippen LogP) is 2.30. The second-order valence-electron chi connectivity index (χ2n) is 4.09. The molecule has 2 aliphatic heterocycles. The van der Waals surface area contributed by atoms with Crippen molar-refractivity contribution in [2.24, 2.45) is 0 Å². The largest absolute Gasteiger partial charge is 0.461 e. The molecule has 2 aliphatic rings. The average molecular weight is 234 g/mol. The Kier molecular flexibility index (Phi) is 2.63. The lowest BCUT2D eigenvalue weighted by molar-refractivity contribution is -0.503. The molecule has 1 saturated heterocycles. The van der Waals surface area contributed by atoms with Crippen LogP contribution in [0.1, 0.15) is 17.5 Å². The van der Waals surface area contributed by atoms with Crippen LogP contribution in [0.2, 0.25) is 0 Å². The summed E-state index contributed by atoms with van der Waals surface area (Å²) in [6.45, 7) is 5.09. The Morgan fingerprint density at radius 2 is 1.65 bits per heavy atom. The molecule has 0 aromatic heterocycles. The van der Waals surface area contributed by atoms with E-state index in [1.165, 1.54) is 0 Å². The fourth-order valence-electron chi connectivity index (χ4n) is 1.90. The van der Waals surface area contributed by atoms with E-state index in [2.05, 4.69) is 6.58 Å². The average Bonchev–Trinajstić information content (AvgIpc) is 2.51. The topological polar surface area (TPSA) is 36.9 Å². The van der Waals surface area contributed by atoms with E-state index in [9.17, 15) is 0 Å². The van der Waals surface area contributed by atoms with Crippen LogP contribution in [0.25, 0.3) is 0 Å². The van der Waals surface area contributed by atoms with Crippen molar-refractivity contribution in [3.05, 3.63) is 47.7 Å². The molecule has 17 heavy (non-hydrogen) atoms. The van der Waals surface area contributed by atoms with Crippen LogP contribution in [-0.4, -0.2) is 12.8 Å². The van der Waals surface area contributed by atoms with Gasteiger partial charge in [-0.15, -0.1) is 0 Å². The summed E-state index contributed by atoms with van der Waals surface area (Å²) in [5.74, 6) is 0.627. The summed E-state index contributed by atoms with van der Waals surface area (Å²) >= 11 is 0.